The molecule has 0 unspecified atom stereocenters. The highest BCUT2D eigenvalue weighted by Crippen LogP contribution is 2.26. The Morgan fingerprint density at radius 3 is 2.59 bits per heavy atom. The molecule has 1 atom stereocenters. The minimum atomic E-state index is -0.620. The van der Waals surface area contributed by atoms with Crippen LogP contribution in [-0.2, 0) is 16.0 Å². The van der Waals surface area contributed by atoms with Crippen molar-refractivity contribution in [2.24, 2.45) is 0 Å². The first-order valence-corrected chi connectivity index (χ1v) is 9.68. The second-order valence-corrected chi connectivity index (χ2v) is 7.95. The zero-order valence-electron chi connectivity index (χ0n) is 16.8. The number of esters is 1. The van der Waals surface area contributed by atoms with E-state index in [2.05, 4.69) is 20.3 Å². The van der Waals surface area contributed by atoms with E-state index < -0.39 is 17.7 Å². The lowest BCUT2D eigenvalue weighted by Gasteiger charge is -2.22. The molecule has 0 radical (unpaired) electrons. The summed E-state index contributed by atoms with van der Waals surface area (Å²) in [5.41, 5.74) is -0.0130. The molecule has 0 aromatic carbocycles. The fourth-order valence-corrected chi connectivity index (χ4v) is 2.72. The third kappa shape index (κ3) is 6.57. The summed E-state index contributed by atoms with van der Waals surface area (Å²) in [4.78, 5) is 36.5. The van der Waals surface area contributed by atoms with Crippen LogP contribution in [0.15, 0.2) is 12.4 Å². The van der Waals surface area contributed by atoms with Crippen LogP contribution in [0.2, 0.25) is 10.3 Å². The van der Waals surface area contributed by atoms with Crippen LogP contribution in [0, 0.1) is 0 Å². The van der Waals surface area contributed by atoms with Crippen LogP contribution in [0.4, 0.5) is 4.79 Å². The van der Waals surface area contributed by atoms with E-state index in [0.717, 1.165) is 0 Å². The molecule has 0 fully saturated rings. The molecule has 2 rings (SSSR count). The summed E-state index contributed by atoms with van der Waals surface area (Å²) >= 11 is 12.0. The van der Waals surface area contributed by atoms with Crippen molar-refractivity contribution in [1.82, 2.24) is 24.8 Å². The van der Waals surface area contributed by atoms with E-state index in [1.807, 2.05) is 0 Å². The molecule has 29 heavy (non-hydrogen) atoms. The third-order valence-electron chi connectivity index (χ3n) is 3.43. The number of alkyl carbamates (subject to hydrolysis) is 1. The molecule has 0 aliphatic rings. The number of nitrogens with one attached hydrogen (secondary N) is 1. The maximum absolute atomic E-state index is 12.3. The average molecular weight is 444 g/mol. The molecule has 2 aromatic rings. The molecular weight excluding hydrogens is 421 g/mol. The number of hydrogen-bond acceptors (Lipinski definition) is 7. The number of rotatable bonds is 6. The number of halogens is 2. The summed E-state index contributed by atoms with van der Waals surface area (Å²) in [5.74, 6) is -0.565. The second-order valence-electron chi connectivity index (χ2n) is 7.21. The van der Waals surface area contributed by atoms with Crippen molar-refractivity contribution in [3.8, 4) is 11.4 Å². The highest BCUT2D eigenvalue weighted by Gasteiger charge is 2.23. The van der Waals surface area contributed by atoms with Gasteiger partial charge in [0.1, 0.15) is 17.0 Å². The van der Waals surface area contributed by atoms with Crippen LogP contribution in [0.3, 0.4) is 0 Å². The number of imidazole rings is 1. The van der Waals surface area contributed by atoms with Crippen molar-refractivity contribution in [3.63, 3.8) is 0 Å². The van der Waals surface area contributed by atoms with Gasteiger partial charge in [-0.15, -0.1) is 0 Å². The third-order valence-corrected chi connectivity index (χ3v) is 3.88. The molecule has 0 aliphatic heterocycles. The van der Waals surface area contributed by atoms with Crippen molar-refractivity contribution in [1.29, 1.82) is 0 Å². The van der Waals surface area contributed by atoms with Gasteiger partial charge >= 0.3 is 12.1 Å². The normalized spacial score (nSPS) is 12.4. The van der Waals surface area contributed by atoms with E-state index in [0.29, 0.717) is 5.69 Å². The van der Waals surface area contributed by atoms with E-state index in [1.54, 1.807) is 45.4 Å². The molecule has 1 N–H and O–H groups in total. The SMILES string of the molecule is CCOC(=O)c1nc(-c2nc(Cl)ncc2Cl)cn1C[C@H](C)NC(=O)OC(C)(C)C. The van der Waals surface area contributed by atoms with Gasteiger partial charge in [0, 0.05) is 18.8 Å². The quantitative estimate of drug-likeness (QED) is 0.534. The standard InChI is InChI=1S/C18H23Cl2N5O4/c1-6-28-15(26)14-23-12(13-11(19)7-21-16(20)24-13)9-25(14)8-10(2)22-17(27)29-18(3,4)5/h7,9-10H,6,8H2,1-5H3,(H,22,27)/t10-/m0/s1. The molecule has 0 saturated carbocycles. The fraction of sp³-hybridized carbons (Fsp3) is 0.500. The summed E-state index contributed by atoms with van der Waals surface area (Å²) in [6.07, 6.45) is 2.38. The Bertz CT molecular complexity index is 895. The lowest BCUT2D eigenvalue weighted by Crippen LogP contribution is -2.39. The molecule has 158 valence electrons. The van der Waals surface area contributed by atoms with Gasteiger partial charge in [-0.3, -0.25) is 0 Å². The van der Waals surface area contributed by atoms with E-state index in [-0.39, 0.29) is 41.0 Å². The van der Waals surface area contributed by atoms with Crippen LogP contribution in [0.5, 0.6) is 0 Å². The van der Waals surface area contributed by atoms with E-state index in [4.69, 9.17) is 32.7 Å². The number of nitrogens with zero attached hydrogens (tertiary/aromatic N) is 4. The van der Waals surface area contributed by atoms with Crippen LogP contribution < -0.4 is 5.32 Å². The first-order chi connectivity index (χ1) is 13.5. The van der Waals surface area contributed by atoms with Gasteiger partial charge in [-0.25, -0.2) is 24.5 Å². The van der Waals surface area contributed by atoms with Crippen LogP contribution in [0.1, 0.15) is 45.2 Å². The summed E-state index contributed by atoms with van der Waals surface area (Å²) in [6, 6.07) is -0.371. The molecule has 2 aromatic heterocycles. The van der Waals surface area contributed by atoms with Gasteiger partial charge in [-0.1, -0.05) is 11.6 Å². The summed E-state index contributed by atoms with van der Waals surface area (Å²) in [6.45, 7) is 9.20. The zero-order chi connectivity index (χ0) is 21.8. The number of ether oxygens (including phenoxy) is 2. The van der Waals surface area contributed by atoms with Gasteiger partial charge in [0.15, 0.2) is 0 Å². The number of amides is 1. The number of carbonyl (C=O) groups excluding carboxylic acids is 2. The monoisotopic (exact) mass is 443 g/mol. The molecular formula is C18H23Cl2N5O4. The Kier molecular flexibility index (Phi) is 7.43. The van der Waals surface area contributed by atoms with Crippen LogP contribution >= 0.6 is 23.2 Å². The molecule has 0 spiro atoms. The molecule has 9 nitrogen and oxygen atoms in total. The predicted octanol–water partition coefficient (Wildman–Crippen LogP) is 3.74. The fourth-order valence-electron chi connectivity index (χ4n) is 2.40. The van der Waals surface area contributed by atoms with E-state index in [9.17, 15) is 9.59 Å². The molecule has 1 amide bonds. The molecule has 0 bridgehead atoms. The lowest BCUT2D eigenvalue weighted by atomic mass is 10.2. The van der Waals surface area contributed by atoms with E-state index >= 15 is 0 Å². The zero-order valence-corrected chi connectivity index (χ0v) is 18.3. The van der Waals surface area contributed by atoms with Crippen molar-refractivity contribution in [2.75, 3.05) is 6.61 Å². The van der Waals surface area contributed by atoms with Gasteiger partial charge in [-0.2, -0.15) is 0 Å². The summed E-state index contributed by atoms with van der Waals surface area (Å²) < 4.78 is 11.9. The Labute approximate surface area is 178 Å². The first kappa shape index (κ1) is 22.9. The van der Waals surface area contributed by atoms with Gasteiger partial charge in [-0.05, 0) is 46.2 Å². The first-order valence-electron chi connectivity index (χ1n) is 8.92. The van der Waals surface area contributed by atoms with Gasteiger partial charge < -0.3 is 19.4 Å². The average Bonchev–Trinajstić information content (AvgIpc) is 2.98. The van der Waals surface area contributed by atoms with E-state index in [1.165, 1.54) is 6.20 Å². The molecule has 0 aliphatic carbocycles. The summed E-state index contributed by atoms with van der Waals surface area (Å²) in [7, 11) is 0. The topological polar surface area (TPSA) is 108 Å². The Morgan fingerprint density at radius 1 is 1.28 bits per heavy atom. The maximum Gasteiger partial charge on any atom is 0.407 e. The highest BCUT2D eigenvalue weighted by molar-refractivity contribution is 6.33. The van der Waals surface area contributed by atoms with Gasteiger partial charge in [0.25, 0.3) is 0 Å². The van der Waals surface area contributed by atoms with Crippen molar-refractivity contribution in [2.45, 2.75) is 52.8 Å². The minimum absolute atomic E-state index is 0.00315. The Hall–Kier alpha value is -2.39. The maximum atomic E-state index is 12.3. The predicted molar refractivity (Wildman–Crippen MR) is 108 cm³/mol. The smallest absolute Gasteiger partial charge is 0.407 e. The van der Waals surface area contributed by atoms with Crippen molar-refractivity contribution < 1.29 is 19.1 Å². The van der Waals surface area contributed by atoms with Crippen molar-refractivity contribution >= 4 is 35.3 Å². The molecule has 11 heteroatoms. The Balaban J connectivity index is 2.29. The second kappa shape index (κ2) is 9.41. The molecule has 0 saturated heterocycles. The Morgan fingerprint density at radius 2 is 1.97 bits per heavy atom. The molecule has 2 heterocycles. The largest absolute Gasteiger partial charge is 0.460 e. The minimum Gasteiger partial charge on any atom is -0.460 e. The van der Waals surface area contributed by atoms with Gasteiger partial charge in [0.05, 0.1) is 17.8 Å². The van der Waals surface area contributed by atoms with Crippen molar-refractivity contribution in [3.05, 3.63) is 28.5 Å². The van der Waals surface area contributed by atoms with Crippen LogP contribution in [0.25, 0.3) is 11.4 Å². The number of aromatic nitrogens is 4. The highest BCUT2D eigenvalue weighted by atomic mass is 35.5. The lowest BCUT2D eigenvalue weighted by molar-refractivity contribution is 0.0501. The summed E-state index contributed by atoms with van der Waals surface area (Å²) in [5, 5.41) is 2.95. The number of hydrogen-bond donors (Lipinski definition) is 1. The van der Waals surface area contributed by atoms with Crippen LogP contribution in [-0.4, -0.2) is 49.8 Å². The number of carbonyl (C=O) groups is 2. The van der Waals surface area contributed by atoms with Gasteiger partial charge in [0.2, 0.25) is 11.1 Å².